The Morgan fingerprint density at radius 1 is 1.00 bits per heavy atom. The molecule has 4 aromatic rings. The molecule has 0 saturated carbocycles. The van der Waals surface area contributed by atoms with Crippen molar-refractivity contribution in [1.82, 2.24) is 40.5 Å². The molecule has 0 spiro atoms. The number of aryl methyl sites for hydroxylation is 2. The Hall–Kier alpha value is -4.41. The molecule has 0 unspecified atom stereocenters. The van der Waals surface area contributed by atoms with Crippen molar-refractivity contribution < 1.29 is 4.79 Å². The Labute approximate surface area is 184 Å². The molecule has 1 amide bonds. The van der Waals surface area contributed by atoms with Gasteiger partial charge in [0, 0.05) is 30.9 Å². The molecule has 0 aliphatic rings. The van der Waals surface area contributed by atoms with Crippen molar-refractivity contribution in [2.75, 3.05) is 23.7 Å². The minimum atomic E-state index is -0.187. The molecule has 32 heavy (non-hydrogen) atoms. The predicted octanol–water partition coefficient (Wildman–Crippen LogP) is 2.05. The second-order valence-electron chi connectivity index (χ2n) is 7.02. The molecule has 0 radical (unpaired) electrons. The molecule has 1 aromatic carbocycles. The number of tetrazole rings is 1. The quantitative estimate of drug-likeness (QED) is 0.359. The summed E-state index contributed by atoms with van der Waals surface area (Å²) in [6.07, 6.45) is 3.22. The van der Waals surface area contributed by atoms with E-state index < -0.39 is 0 Å². The summed E-state index contributed by atoms with van der Waals surface area (Å²) < 4.78 is 1.49. The van der Waals surface area contributed by atoms with Crippen LogP contribution in [0.2, 0.25) is 0 Å². The SMILES string of the molecule is Cc1ccnc(Nc2cc(NCCNC(=O)c3cccc(-n4cnnn4)c3)nc(C)n2)c1. The normalized spacial score (nSPS) is 10.6. The Morgan fingerprint density at radius 3 is 2.69 bits per heavy atom. The second-order valence-corrected chi connectivity index (χ2v) is 7.02. The predicted molar refractivity (Wildman–Crippen MR) is 119 cm³/mol. The summed E-state index contributed by atoms with van der Waals surface area (Å²) in [5.41, 5.74) is 2.33. The summed E-state index contributed by atoms with van der Waals surface area (Å²) in [4.78, 5) is 25.6. The first-order valence-corrected chi connectivity index (χ1v) is 9.98. The van der Waals surface area contributed by atoms with E-state index in [-0.39, 0.29) is 5.91 Å². The number of amides is 1. The van der Waals surface area contributed by atoms with E-state index in [9.17, 15) is 4.79 Å². The summed E-state index contributed by atoms with van der Waals surface area (Å²) in [7, 11) is 0. The van der Waals surface area contributed by atoms with Gasteiger partial charge in [-0.1, -0.05) is 6.07 Å². The topological polar surface area (TPSA) is 135 Å². The van der Waals surface area contributed by atoms with Gasteiger partial charge in [0.05, 0.1) is 5.69 Å². The van der Waals surface area contributed by atoms with Crippen molar-refractivity contribution in [3.05, 3.63) is 71.9 Å². The Bertz CT molecular complexity index is 1210. The standard InChI is InChI=1S/C21H22N10O/c1-14-6-7-22-18(10-14)28-20-12-19(26-15(2)27-20)23-8-9-24-21(32)16-4-3-5-17(11-16)31-13-25-29-30-31/h3-7,10-13H,8-9H2,1-2H3,(H,24,32)(H2,22,23,26,27,28). The van der Waals surface area contributed by atoms with E-state index in [0.29, 0.717) is 47.6 Å². The van der Waals surface area contributed by atoms with Crippen LogP contribution in [0.4, 0.5) is 17.5 Å². The van der Waals surface area contributed by atoms with Gasteiger partial charge in [-0.3, -0.25) is 4.79 Å². The van der Waals surface area contributed by atoms with Crippen LogP contribution in [0.5, 0.6) is 0 Å². The fourth-order valence-corrected chi connectivity index (χ4v) is 3.00. The molecule has 3 aromatic heterocycles. The van der Waals surface area contributed by atoms with Crippen LogP contribution < -0.4 is 16.0 Å². The fourth-order valence-electron chi connectivity index (χ4n) is 3.00. The third-order valence-electron chi connectivity index (χ3n) is 4.45. The van der Waals surface area contributed by atoms with E-state index in [0.717, 1.165) is 5.56 Å². The number of carbonyl (C=O) groups excluding carboxylic acids is 1. The molecule has 11 nitrogen and oxygen atoms in total. The van der Waals surface area contributed by atoms with E-state index in [1.807, 2.05) is 32.0 Å². The maximum absolute atomic E-state index is 12.5. The van der Waals surface area contributed by atoms with E-state index in [1.54, 1.807) is 30.5 Å². The lowest BCUT2D eigenvalue weighted by molar-refractivity contribution is 0.0955. The number of benzene rings is 1. The molecule has 0 aliphatic heterocycles. The summed E-state index contributed by atoms with van der Waals surface area (Å²) >= 11 is 0. The monoisotopic (exact) mass is 430 g/mol. The zero-order valence-corrected chi connectivity index (χ0v) is 17.6. The Balaban J connectivity index is 1.31. The lowest BCUT2D eigenvalue weighted by Crippen LogP contribution is -2.29. The van der Waals surface area contributed by atoms with Gasteiger partial charge in [0.15, 0.2) is 0 Å². The molecule has 3 N–H and O–H groups in total. The van der Waals surface area contributed by atoms with Crippen LogP contribution in [0.15, 0.2) is 55.0 Å². The van der Waals surface area contributed by atoms with Crippen LogP contribution >= 0.6 is 0 Å². The number of hydrogen-bond donors (Lipinski definition) is 3. The summed E-state index contributed by atoms with van der Waals surface area (Å²) in [6.45, 7) is 4.73. The maximum Gasteiger partial charge on any atom is 0.251 e. The minimum Gasteiger partial charge on any atom is -0.368 e. The number of anilines is 3. The van der Waals surface area contributed by atoms with Gasteiger partial charge in [-0.25, -0.2) is 19.6 Å². The molecule has 0 aliphatic carbocycles. The van der Waals surface area contributed by atoms with Gasteiger partial charge in [-0.05, 0) is 60.2 Å². The summed E-state index contributed by atoms with van der Waals surface area (Å²) in [5, 5.41) is 20.3. The molecule has 4 rings (SSSR count). The number of nitrogens with zero attached hydrogens (tertiary/aromatic N) is 7. The van der Waals surface area contributed by atoms with Crippen molar-refractivity contribution in [1.29, 1.82) is 0 Å². The van der Waals surface area contributed by atoms with Gasteiger partial charge < -0.3 is 16.0 Å². The van der Waals surface area contributed by atoms with Crippen molar-refractivity contribution in [3.8, 4) is 5.69 Å². The van der Waals surface area contributed by atoms with Gasteiger partial charge in [-0.15, -0.1) is 5.10 Å². The summed E-state index contributed by atoms with van der Waals surface area (Å²) in [5.74, 6) is 2.44. The van der Waals surface area contributed by atoms with Crippen molar-refractivity contribution in [2.45, 2.75) is 13.8 Å². The fraction of sp³-hybridized carbons (Fsp3) is 0.190. The highest BCUT2D eigenvalue weighted by Crippen LogP contribution is 2.16. The third-order valence-corrected chi connectivity index (χ3v) is 4.45. The number of hydrogen-bond acceptors (Lipinski definition) is 9. The van der Waals surface area contributed by atoms with Gasteiger partial charge in [0.25, 0.3) is 5.91 Å². The number of rotatable bonds is 8. The van der Waals surface area contributed by atoms with Gasteiger partial charge in [0.1, 0.15) is 29.6 Å². The first-order chi connectivity index (χ1) is 15.6. The molecule has 0 atom stereocenters. The highest BCUT2D eigenvalue weighted by Gasteiger charge is 2.08. The number of aromatic nitrogens is 7. The number of nitrogens with one attached hydrogen (secondary N) is 3. The van der Waals surface area contributed by atoms with Crippen molar-refractivity contribution in [3.63, 3.8) is 0 Å². The maximum atomic E-state index is 12.5. The average Bonchev–Trinajstić information content (AvgIpc) is 3.31. The van der Waals surface area contributed by atoms with Crippen LogP contribution in [-0.4, -0.2) is 54.2 Å². The largest absolute Gasteiger partial charge is 0.368 e. The first kappa shape index (κ1) is 20.8. The molecule has 3 heterocycles. The smallest absolute Gasteiger partial charge is 0.251 e. The second kappa shape index (κ2) is 9.60. The average molecular weight is 430 g/mol. The lowest BCUT2D eigenvalue weighted by atomic mass is 10.2. The third kappa shape index (κ3) is 5.39. The Kier molecular flexibility index (Phi) is 6.25. The van der Waals surface area contributed by atoms with Gasteiger partial charge in [0.2, 0.25) is 0 Å². The zero-order valence-electron chi connectivity index (χ0n) is 17.6. The molecule has 162 valence electrons. The van der Waals surface area contributed by atoms with Crippen LogP contribution in [0.3, 0.4) is 0 Å². The highest BCUT2D eigenvalue weighted by atomic mass is 16.1. The highest BCUT2D eigenvalue weighted by molar-refractivity contribution is 5.94. The lowest BCUT2D eigenvalue weighted by Gasteiger charge is -2.11. The van der Waals surface area contributed by atoms with Gasteiger partial charge in [-0.2, -0.15) is 0 Å². The van der Waals surface area contributed by atoms with Crippen LogP contribution in [0, 0.1) is 13.8 Å². The molecular weight excluding hydrogens is 408 g/mol. The van der Waals surface area contributed by atoms with E-state index in [2.05, 4.69) is 46.4 Å². The van der Waals surface area contributed by atoms with E-state index in [4.69, 9.17) is 0 Å². The van der Waals surface area contributed by atoms with E-state index >= 15 is 0 Å². The Morgan fingerprint density at radius 2 is 1.88 bits per heavy atom. The molecule has 0 bridgehead atoms. The van der Waals surface area contributed by atoms with Crippen LogP contribution in [0.1, 0.15) is 21.7 Å². The van der Waals surface area contributed by atoms with Crippen molar-refractivity contribution >= 4 is 23.4 Å². The number of pyridine rings is 1. The zero-order chi connectivity index (χ0) is 22.3. The van der Waals surface area contributed by atoms with E-state index in [1.165, 1.54) is 11.0 Å². The molecule has 0 saturated heterocycles. The van der Waals surface area contributed by atoms with Crippen molar-refractivity contribution in [2.24, 2.45) is 0 Å². The molecule has 11 heteroatoms. The van der Waals surface area contributed by atoms with Crippen LogP contribution in [-0.2, 0) is 0 Å². The summed E-state index contributed by atoms with van der Waals surface area (Å²) in [6, 6.07) is 12.7. The molecule has 0 fully saturated rings. The first-order valence-electron chi connectivity index (χ1n) is 9.98. The minimum absolute atomic E-state index is 0.187. The number of carbonyl (C=O) groups is 1. The molecular formula is C21H22N10O. The van der Waals surface area contributed by atoms with Gasteiger partial charge >= 0.3 is 0 Å². The van der Waals surface area contributed by atoms with Crippen LogP contribution in [0.25, 0.3) is 5.69 Å².